The number of benzene rings is 2. The van der Waals surface area contributed by atoms with Crippen LogP contribution in [-0.2, 0) is 6.54 Å². The molecule has 4 rings (SSSR count). The van der Waals surface area contributed by atoms with Crippen LogP contribution in [0.5, 0.6) is 0 Å². The van der Waals surface area contributed by atoms with Gasteiger partial charge in [-0.2, -0.15) is 5.10 Å². The van der Waals surface area contributed by atoms with Crippen molar-refractivity contribution < 1.29 is 4.79 Å². The predicted molar refractivity (Wildman–Crippen MR) is 109 cm³/mol. The Balaban J connectivity index is 1.84. The van der Waals surface area contributed by atoms with E-state index in [4.69, 9.17) is 4.98 Å². The van der Waals surface area contributed by atoms with Crippen LogP contribution in [0.1, 0.15) is 29.8 Å². The number of nitrogens with zero attached hydrogens (tertiary/aromatic N) is 3. The maximum absolute atomic E-state index is 12.6. The van der Waals surface area contributed by atoms with Crippen LogP contribution in [0.25, 0.3) is 21.9 Å². The Morgan fingerprint density at radius 2 is 1.89 bits per heavy atom. The topological polar surface area (TPSA) is 59.8 Å². The first-order chi connectivity index (χ1) is 13.0. The minimum Gasteiger partial charge on any atom is -0.305 e. The van der Waals surface area contributed by atoms with Crippen LogP contribution in [0.4, 0.5) is 5.82 Å². The van der Waals surface area contributed by atoms with Gasteiger partial charge >= 0.3 is 0 Å². The number of fused-ring (bicyclic) bond motifs is 2. The standard InChI is InChI=1S/C22H22N4O/c1-14(2)13-26-21-18(12-17-10-9-15(3)11-19(17)23-21)20(25-26)24-22(27)16-7-5-4-6-8-16/h4-12,14H,13H2,1-3H3,(H,24,25,27). The average molecular weight is 358 g/mol. The van der Waals surface area contributed by atoms with E-state index in [0.29, 0.717) is 17.3 Å². The third kappa shape index (κ3) is 3.40. The lowest BCUT2D eigenvalue weighted by Gasteiger charge is -2.06. The molecule has 0 aliphatic rings. The van der Waals surface area contributed by atoms with Crippen LogP contribution in [0.3, 0.4) is 0 Å². The van der Waals surface area contributed by atoms with Crippen molar-refractivity contribution in [3.8, 4) is 0 Å². The van der Waals surface area contributed by atoms with E-state index < -0.39 is 0 Å². The Labute approximate surface area is 158 Å². The van der Waals surface area contributed by atoms with Crippen molar-refractivity contribution in [2.75, 3.05) is 5.32 Å². The first-order valence-electron chi connectivity index (χ1n) is 9.15. The second-order valence-electron chi connectivity index (χ2n) is 7.30. The number of nitrogens with one attached hydrogen (secondary N) is 1. The Morgan fingerprint density at radius 1 is 1.11 bits per heavy atom. The van der Waals surface area contributed by atoms with Crippen LogP contribution in [0.2, 0.25) is 0 Å². The van der Waals surface area contributed by atoms with Crippen LogP contribution in [0, 0.1) is 12.8 Å². The molecule has 5 nitrogen and oxygen atoms in total. The molecule has 0 unspecified atom stereocenters. The molecule has 0 aliphatic carbocycles. The van der Waals surface area contributed by atoms with E-state index in [0.717, 1.165) is 28.5 Å². The molecule has 2 aromatic heterocycles. The first-order valence-corrected chi connectivity index (χ1v) is 9.15. The van der Waals surface area contributed by atoms with Crippen molar-refractivity contribution in [2.45, 2.75) is 27.3 Å². The Morgan fingerprint density at radius 3 is 2.63 bits per heavy atom. The number of rotatable bonds is 4. The van der Waals surface area contributed by atoms with E-state index in [2.05, 4.69) is 55.5 Å². The summed E-state index contributed by atoms with van der Waals surface area (Å²) < 4.78 is 1.89. The molecule has 0 saturated carbocycles. The number of hydrogen-bond donors (Lipinski definition) is 1. The molecule has 0 spiro atoms. The summed E-state index contributed by atoms with van der Waals surface area (Å²) in [5.74, 6) is 0.797. The number of anilines is 1. The molecular formula is C22H22N4O. The van der Waals surface area contributed by atoms with Crippen LogP contribution in [-0.4, -0.2) is 20.7 Å². The summed E-state index contributed by atoms with van der Waals surface area (Å²) in [4.78, 5) is 17.5. The molecule has 5 heteroatoms. The number of carbonyl (C=O) groups excluding carboxylic acids is 1. The van der Waals surface area contributed by atoms with Gasteiger partial charge in [-0.25, -0.2) is 9.67 Å². The SMILES string of the molecule is Cc1ccc2cc3c(NC(=O)c4ccccc4)nn(CC(C)C)c3nc2c1. The lowest BCUT2D eigenvalue weighted by Crippen LogP contribution is -2.13. The number of aromatic nitrogens is 3. The van der Waals surface area contributed by atoms with Gasteiger partial charge < -0.3 is 5.32 Å². The monoisotopic (exact) mass is 358 g/mol. The zero-order valence-electron chi connectivity index (χ0n) is 15.7. The largest absolute Gasteiger partial charge is 0.305 e. The van der Waals surface area contributed by atoms with Gasteiger partial charge in [0.05, 0.1) is 10.9 Å². The normalized spacial score (nSPS) is 11.4. The lowest BCUT2D eigenvalue weighted by molar-refractivity contribution is 0.102. The molecule has 0 bridgehead atoms. The Hall–Kier alpha value is -3.21. The number of amides is 1. The van der Waals surface area contributed by atoms with E-state index in [1.54, 1.807) is 12.1 Å². The molecule has 0 atom stereocenters. The minimum atomic E-state index is -0.171. The van der Waals surface area contributed by atoms with E-state index in [1.807, 2.05) is 22.9 Å². The van der Waals surface area contributed by atoms with Crippen LogP contribution in [0.15, 0.2) is 54.6 Å². The molecule has 4 aromatic rings. The highest BCUT2D eigenvalue weighted by Gasteiger charge is 2.17. The summed E-state index contributed by atoms with van der Waals surface area (Å²) in [6, 6.07) is 17.4. The fourth-order valence-electron chi connectivity index (χ4n) is 3.19. The molecule has 2 heterocycles. The van der Waals surface area contributed by atoms with Crippen molar-refractivity contribution in [2.24, 2.45) is 5.92 Å². The molecule has 1 N–H and O–H groups in total. The first kappa shape index (κ1) is 17.2. The summed E-state index contributed by atoms with van der Waals surface area (Å²) in [6.45, 7) is 7.08. The summed E-state index contributed by atoms with van der Waals surface area (Å²) in [5, 5.41) is 9.52. The highest BCUT2D eigenvalue weighted by molar-refractivity contribution is 6.08. The Kier molecular flexibility index (Phi) is 4.36. The molecule has 2 aromatic carbocycles. The zero-order valence-corrected chi connectivity index (χ0v) is 15.7. The molecule has 27 heavy (non-hydrogen) atoms. The lowest BCUT2D eigenvalue weighted by atomic mass is 10.1. The summed E-state index contributed by atoms with van der Waals surface area (Å²) in [6.07, 6.45) is 0. The van der Waals surface area contributed by atoms with Gasteiger partial charge in [-0.1, -0.05) is 44.2 Å². The summed E-state index contributed by atoms with van der Waals surface area (Å²) in [5.41, 5.74) is 3.51. The van der Waals surface area contributed by atoms with Gasteiger partial charge in [0.2, 0.25) is 0 Å². The molecule has 136 valence electrons. The molecule has 0 saturated heterocycles. The van der Waals surface area contributed by atoms with Gasteiger partial charge in [0.15, 0.2) is 11.5 Å². The van der Waals surface area contributed by atoms with Crippen molar-refractivity contribution in [1.29, 1.82) is 0 Å². The maximum Gasteiger partial charge on any atom is 0.256 e. The highest BCUT2D eigenvalue weighted by atomic mass is 16.1. The zero-order chi connectivity index (χ0) is 19.0. The third-order valence-electron chi connectivity index (χ3n) is 4.48. The quantitative estimate of drug-likeness (QED) is 0.570. The Bertz CT molecular complexity index is 1130. The highest BCUT2D eigenvalue weighted by Crippen LogP contribution is 2.27. The third-order valence-corrected chi connectivity index (χ3v) is 4.48. The maximum atomic E-state index is 12.6. The predicted octanol–water partition coefficient (Wildman–Crippen LogP) is 4.80. The van der Waals surface area contributed by atoms with Gasteiger partial charge in [0.25, 0.3) is 5.91 Å². The van der Waals surface area contributed by atoms with Crippen LogP contribution < -0.4 is 5.32 Å². The fourth-order valence-corrected chi connectivity index (χ4v) is 3.19. The average Bonchev–Trinajstić information content (AvgIpc) is 2.96. The second-order valence-corrected chi connectivity index (χ2v) is 7.30. The van der Waals surface area contributed by atoms with Crippen molar-refractivity contribution in [3.05, 3.63) is 65.7 Å². The van der Waals surface area contributed by atoms with Gasteiger partial charge in [0, 0.05) is 17.5 Å². The molecule has 0 aliphatic heterocycles. The number of hydrogen-bond acceptors (Lipinski definition) is 3. The van der Waals surface area contributed by atoms with Crippen LogP contribution >= 0.6 is 0 Å². The van der Waals surface area contributed by atoms with Gasteiger partial charge in [0.1, 0.15) is 0 Å². The van der Waals surface area contributed by atoms with E-state index >= 15 is 0 Å². The van der Waals surface area contributed by atoms with Gasteiger partial charge in [-0.05, 0) is 42.7 Å². The number of aryl methyl sites for hydroxylation is 1. The second kappa shape index (κ2) is 6.83. The smallest absolute Gasteiger partial charge is 0.256 e. The van der Waals surface area contributed by atoms with Crippen molar-refractivity contribution in [1.82, 2.24) is 14.8 Å². The summed E-state index contributed by atoms with van der Waals surface area (Å²) >= 11 is 0. The fraction of sp³-hybridized carbons (Fsp3) is 0.227. The number of pyridine rings is 1. The molecule has 0 radical (unpaired) electrons. The van der Waals surface area contributed by atoms with Crippen molar-refractivity contribution in [3.63, 3.8) is 0 Å². The number of carbonyl (C=O) groups is 1. The molecule has 1 amide bonds. The van der Waals surface area contributed by atoms with Gasteiger partial charge in [-0.15, -0.1) is 0 Å². The van der Waals surface area contributed by atoms with E-state index in [1.165, 1.54) is 5.56 Å². The summed E-state index contributed by atoms with van der Waals surface area (Å²) in [7, 11) is 0. The molecule has 0 fully saturated rings. The van der Waals surface area contributed by atoms with E-state index in [9.17, 15) is 4.79 Å². The minimum absolute atomic E-state index is 0.171. The molecular weight excluding hydrogens is 336 g/mol. The van der Waals surface area contributed by atoms with Gasteiger partial charge in [-0.3, -0.25) is 4.79 Å². The van der Waals surface area contributed by atoms with Crippen molar-refractivity contribution >= 4 is 33.7 Å². The van der Waals surface area contributed by atoms with E-state index in [-0.39, 0.29) is 5.91 Å².